The SMILES string of the molecule is CC1(C)[C@@H]2CC[C@]1(C)[C@H](OC(=O)CSc1nc3ccccc3s1)C2. The maximum atomic E-state index is 12.4. The first-order valence-corrected chi connectivity index (χ1v) is 10.4. The first-order chi connectivity index (χ1) is 11.4. The minimum atomic E-state index is -0.103. The van der Waals surface area contributed by atoms with Gasteiger partial charge in [-0.3, -0.25) is 4.79 Å². The van der Waals surface area contributed by atoms with Gasteiger partial charge in [0.1, 0.15) is 6.10 Å². The van der Waals surface area contributed by atoms with E-state index in [9.17, 15) is 4.79 Å². The van der Waals surface area contributed by atoms with Crippen molar-refractivity contribution in [3.05, 3.63) is 24.3 Å². The van der Waals surface area contributed by atoms with Gasteiger partial charge in [-0.25, -0.2) is 4.98 Å². The molecule has 2 bridgehead atoms. The molecule has 1 aromatic heterocycles. The van der Waals surface area contributed by atoms with E-state index in [-0.39, 0.29) is 22.9 Å². The average molecular weight is 362 g/mol. The van der Waals surface area contributed by atoms with Gasteiger partial charge in [0.2, 0.25) is 0 Å². The Labute approximate surface area is 151 Å². The molecule has 0 amide bonds. The van der Waals surface area contributed by atoms with Gasteiger partial charge in [0.15, 0.2) is 4.34 Å². The first-order valence-electron chi connectivity index (χ1n) is 8.58. The van der Waals surface area contributed by atoms with Crippen LogP contribution in [0.1, 0.15) is 40.0 Å². The summed E-state index contributed by atoms with van der Waals surface area (Å²) in [7, 11) is 0. The maximum Gasteiger partial charge on any atom is 0.316 e. The lowest BCUT2D eigenvalue weighted by Crippen LogP contribution is -2.38. The summed E-state index contributed by atoms with van der Waals surface area (Å²) in [5.41, 5.74) is 1.41. The summed E-state index contributed by atoms with van der Waals surface area (Å²) in [6, 6.07) is 8.07. The summed E-state index contributed by atoms with van der Waals surface area (Å²) in [5, 5.41) is 0. The van der Waals surface area contributed by atoms with Gasteiger partial charge >= 0.3 is 5.97 Å². The maximum absolute atomic E-state index is 12.4. The molecule has 1 heterocycles. The van der Waals surface area contributed by atoms with Gasteiger partial charge in [-0.1, -0.05) is 44.7 Å². The first kappa shape index (κ1) is 16.4. The largest absolute Gasteiger partial charge is 0.461 e. The standard InChI is InChI=1S/C19H23NO2S2/c1-18(2)12-8-9-19(18,3)15(10-12)22-16(21)11-23-17-20-13-6-4-5-7-14(13)24-17/h4-7,12,15H,8-11H2,1-3H3/t12-,15-,19-/m1/s1. The number of rotatable bonds is 4. The van der Waals surface area contributed by atoms with Gasteiger partial charge in [-0.15, -0.1) is 11.3 Å². The predicted octanol–water partition coefficient (Wildman–Crippen LogP) is 5.15. The van der Waals surface area contributed by atoms with Crippen LogP contribution in [-0.2, 0) is 9.53 Å². The summed E-state index contributed by atoms with van der Waals surface area (Å²) >= 11 is 3.13. The van der Waals surface area contributed by atoms with Crippen molar-refractivity contribution in [2.45, 2.75) is 50.5 Å². The lowest BCUT2D eigenvalue weighted by molar-refractivity contribution is -0.153. The third-order valence-corrected chi connectivity index (χ3v) is 8.73. The van der Waals surface area contributed by atoms with Crippen LogP contribution in [0.25, 0.3) is 10.2 Å². The van der Waals surface area contributed by atoms with Crippen LogP contribution >= 0.6 is 23.1 Å². The lowest BCUT2D eigenvalue weighted by Gasteiger charge is -2.38. The third kappa shape index (κ3) is 2.48. The number of fused-ring (bicyclic) bond motifs is 3. The Balaban J connectivity index is 1.37. The van der Waals surface area contributed by atoms with Gasteiger partial charge in [-0.05, 0) is 42.7 Å². The number of esters is 1. The smallest absolute Gasteiger partial charge is 0.316 e. The zero-order chi connectivity index (χ0) is 16.9. The van der Waals surface area contributed by atoms with Gasteiger partial charge in [0.05, 0.1) is 16.0 Å². The Hall–Kier alpha value is -1.07. The molecule has 24 heavy (non-hydrogen) atoms. The number of thiazole rings is 1. The van der Waals surface area contributed by atoms with E-state index < -0.39 is 0 Å². The zero-order valence-electron chi connectivity index (χ0n) is 14.4. The van der Waals surface area contributed by atoms with Crippen molar-refractivity contribution in [2.75, 3.05) is 5.75 Å². The number of benzene rings is 1. The molecule has 2 aliphatic carbocycles. The number of para-hydroxylation sites is 1. The number of thioether (sulfide) groups is 1. The molecule has 0 unspecified atom stereocenters. The molecule has 128 valence electrons. The van der Waals surface area contributed by atoms with E-state index in [0.717, 1.165) is 21.0 Å². The molecule has 3 nitrogen and oxygen atoms in total. The zero-order valence-corrected chi connectivity index (χ0v) is 16.0. The number of hydrogen-bond donors (Lipinski definition) is 0. The predicted molar refractivity (Wildman–Crippen MR) is 99.5 cm³/mol. The summed E-state index contributed by atoms with van der Waals surface area (Å²) in [6.45, 7) is 6.99. The highest BCUT2D eigenvalue weighted by atomic mass is 32.2. The molecule has 2 aliphatic rings. The van der Waals surface area contributed by atoms with E-state index in [1.165, 1.54) is 24.6 Å². The third-order valence-electron chi connectivity index (χ3n) is 6.58. The van der Waals surface area contributed by atoms with Crippen molar-refractivity contribution in [3.8, 4) is 0 Å². The highest BCUT2D eigenvalue weighted by Gasteiger charge is 2.62. The van der Waals surface area contributed by atoms with E-state index in [0.29, 0.717) is 11.7 Å². The van der Waals surface area contributed by atoms with E-state index in [2.05, 4.69) is 31.8 Å². The Kier molecular flexibility index (Phi) is 3.92. The molecule has 2 fully saturated rings. The Morgan fingerprint density at radius 1 is 1.38 bits per heavy atom. The molecule has 5 heteroatoms. The minimum absolute atomic E-state index is 0.0784. The molecule has 3 atom stereocenters. The van der Waals surface area contributed by atoms with Crippen LogP contribution in [0.15, 0.2) is 28.6 Å². The van der Waals surface area contributed by atoms with Gasteiger partial charge in [0, 0.05) is 5.41 Å². The highest BCUT2D eigenvalue weighted by Crippen LogP contribution is 2.66. The molecular formula is C19H23NO2S2. The number of ether oxygens (including phenoxy) is 1. The van der Waals surface area contributed by atoms with E-state index in [1.54, 1.807) is 11.3 Å². The monoisotopic (exact) mass is 361 g/mol. The topological polar surface area (TPSA) is 39.2 Å². The fourth-order valence-electron chi connectivity index (χ4n) is 4.53. The second-order valence-electron chi connectivity index (χ2n) is 7.83. The number of carbonyl (C=O) groups excluding carboxylic acids is 1. The van der Waals surface area contributed by atoms with Crippen LogP contribution in [0.3, 0.4) is 0 Å². The molecule has 1 aromatic carbocycles. The van der Waals surface area contributed by atoms with Crippen molar-refractivity contribution in [2.24, 2.45) is 16.7 Å². The molecule has 0 radical (unpaired) electrons. The summed E-state index contributed by atoms with van der Waals surface area (Å²) < 4.78 is 8.00. The normalized spacial score (nSPS) is 30.8. The number of hydrogen-bond acceptors (Lipinski definition) is 5. The van der Waals surface area contributed by atoms with Crippen LogP contribution in [0.4, 0.5) is 0 Å². The van der Waals surface area contributed by atoms with E-state index in [1.807, 2.05) is 18.2 Å². The fraction of sp³-hybridized carbons (Fsp3) is 0.579. The molecule has 4 rings (SSSR count). The second-order valence-corrected chi connectivity index (χ2v) is 10.1. The van der Waals surface area contributed by atoms with Crippen molar-refractivity contribution < 1.29 is 9.53 Å². The molecule has 0 N–H and O–H groups in total. The molecular weight excluding hydrogens is 338 g/mol. The van der Waals surface area contributed by atoms with Crippen molar-refractivity contribution in [1.29, 1.82) is 0 Å². The van der Waals surface area contributed by atoms with Crippen LogP contribution in [0.5, 0.6) is 0 Å². The molecule has 0 aliphatic heterocycles. The second kappa shape index (κ2) is 5.73. The van der Waals surface area contributed by atoms with Crippen LogP contribution in [-0.4, -0.2) is 22.8 Å². The van der Waals surface area contributed by atoms with Crippen LogP contribution in [0, 0.1) is 16.7 Å². The molecule has 2 saturated carbocycles. The Morgan fingerprint density at radius 3 is 2.83 bits per heavy atom. The van der Waals surface area contributed by atoms with Crippen molar-refractivity contribution in [1.82, 2.24) is 4.98 Å². The minimum Gasteiger partial charge on any atom is -0.461 e. The van der Waals surface area contributed by atoms with Crippen molar-refractivity contribution >= 4 is 39.3 Å². The Morgan fingerprint density at radius 2 is 2.17 bits per heavy atom. The molecule has 0 spiro atoms. The number of aromatic nitrogens is 1. The average Bonchev–Trinajstić information content (AvgIpc) is 3.11. The number of nitrogens with zero attached hydrogens (tertiary/aromatic N) is 1. The highest BCUT2D eigenvalue weighted by molar-refractivity contribution is 8.01. The van der Waals surface area contributed by atoms with Crippen molar-refractivity contribution in [3.63, 3.8) is 0 Å². The quantitative estimate of drug-likeness (QED) is 0.558. The fourth-order valence-corrected chi connectivity index (χ4v) is 6.39. The Bertz CT molecular complexity index is 752. The molecule has 0 saturated heterocycles. The van der Waals surface area contributed by atoms with Gasteiger partial charge < -0.3 is 4.74 Å². The summed E-state index contributed by atoms with van der Waals surface area (Å²) in [5.74, 6) is 0.934. The van der Waals surface area contributed by atoms with Crippen LogP contribution < -0.4 is 0 Å². The number of carbonyl (C=O) groups is 1. The van der Waals surface area contributed by atoms with Crippen LogP contribution in [0.2, 0.25) is 0 Å². The van der Waals surface area contributed by atoms with Gasteiger partial charge in [0.25, 0.3) is 0 Å². The summed E-state index contributed by atoms with van der Waals surface area (Å²) in [6.07, 6.45) is 3.56. The van der Waals surface area contributed by atoms with Gasteiger partial charge in [-0.2, -0.15) is 0 Å². The molecule has 2 aromatic rings. The summed E-state index contributed by atoms with van der Waals surface area (Å²) in [4.78, 5) is 16.9. The lowest BCUT2D eigenvalue weighted by atomic mass is 9.70. The van der Waals surface area contributed by atoms with E-state index >= 15 is 0 Å². The van der Waals surface area contributed by atoms with E-state index in [4.69, 9.17) is 4.74 Å².